The van der Waals surface area contributed by atoms with E-state index in [1.54, 1.807) is 12.1 Å². The fourth-order valence-corrected chi connectivity index (χ4v) is 6.65. The molecule has 1 aromatic heterocycles. The average molecular weight is 485 g/mol. The Morgan fingerprint density at radius 2 is 2.17 bits per heavy atom. The molecule has 3 fully saturated rings. The summed E-state index contributed by atoms with van der Waals surface area (Å²) in [6.07, 6.45) is 4.79. The number of nitrogens with one attached hydrogen (secondary N) is 4. The van der Waals surface area contributed by atoms with E-state index in [0.717, 1.165) is 88.4 Å². The minimum atomic E-state index is -0.517. The Kier molecular flexibility index (Phi) is 6.53. The van der Waals surface area contributed by atoms with Crippen LogP contribution in [0.5, 0.6) is 5.75 Å². The lowest BCUT2D eigenvalue weighted by atomic mass is 9.73. The van der Waals surface area contributed by atoms with E-state index in [2.05, 4.69) is 33.0 Å². The van der Waals surface area contributed by atoms with Crippen molar-refractivity contribution in [3.63, 3.8) is 0 Å². The predicted molar refractivity (Wildman–Crippen MR) is 131 cm³/mol. The molecule has 0 radical (unpaired) electrons. The van der Waals surface area contributed by atoms with Crippen LogP contribution in [-0.4, -0.2) is 64.9 Å². The normalized spacial score (nSPS) is 31.3. The van der Waals surface area contributed by atoms with E-state index in [1.165, 1.54) is 11.4 Å². The zero-order valence-corrected chi connectivity index (χ0v) is 20.4. The summed E-state index contributed by atoms with van der Waals surface area (Å²) < 4.78 is 19.8. The molecule has 0 amide bonds. The van der Waals surface area contributed by atoms with Gasteiger partial charge in [-0.3, -0.25) is 10.3 Å². The van der Waals surface area contributed by atoms with Crippen LogP contribution in [0.3, 0.4) is 0 Å². The maximum absolute atomic E-state index is 14.2. The van der Waals surface area contributed by atoms with Gasteiger partial charge in [0.1, 0.15) is 5.82 Å². The molecule has 4 heterocycles. The van der Waals surface area contributed by atoms with E-state index in [4.69, 9.17) is 9.72 Å². The second-order valence-electron chi connectivity index (χ2n) is 10.7. The van der Waals surface area contributed by atoms with Gasteiger partial charge in [0, 0.05) is 44.7 Å². The van der Waals surface area contributed by atoms with Gasteiger partial charge in [0.2, 0.25) is 0 Å². The molecule has 6 rings (SSSR count). The van der Waals surface area contributed by atoms with E-state index in [0.29, 0.717) is 23.9 Å². The van der Waals surface area contributed by atoms with Crippen molar-refractivity contribution in [2.24, 2.45) is 5.92 Å². The Labute approximate surface area is 206 Å². The maximum atomic E-state index is 14.2. The summed E-state index contributed by atoms with van der Waals surface area (Å²) >= 11 is 0. The summed E-state index contributed by atoms with van der Waals surface area (Å²) in [4.78, 5) is 11.2. The zero-order valence-electron chi connectivity index (χ0n) is 20.4. The Morgan fingerprint density at radius 3 is 3.00 bits per heavy atom. The number of aromatic nitrogens is 2. The van der Waals surface area contributed by atoms with Crippen LogP contribution in [0.4, 0.5) is 4.39 Å². The summed E-state index contributed by atoms with van der Waals surface area (Å²) in [5, 5.41) is 13.4. The number of hydrogen-bond acceptors (Lipinski definition) is 7. The van der Waals surface area contributed by atoms with Gasteiger partial charge in [-0.1, -0.05) is 6.92 Å². The maximum Gasteiger partial charge on any atom is 0.165 e. The Balaban J connectivity index is 1.12. The van der Waals surface area contributed by atoms with Gasteiger partial charge in [-0.25, -0.2) is 14.8 Å². The molecule has 5 atom stereocenters. The molecule has 35 heavy (non-hydrogen) atoms. The molecular formula is C26H37FN6O2. The van der Waals surface area contributed by atoms with Crippen LogP contribution in [0, 0.1) is 11.7 Å². The molecule has 190 valence electrons. The van der Waals surface area contributed by atoms with Crippen molar-refractivity contribution in [2.75, 3.05) is 32.8 Å². The third-order valence-corrected chi connectivity index (χ3v) is 8.49. The van der Waals surface area contributed by atoms with E-state index in [-0.39, 0.29) is 11.8 Å². The molecule has 9 heteroatoms. The lowest BCUT2D eigenvalue weighted by molar-refractivity contribution is 0.0595. The standard InChI is InChI=1S/C26H37FN6O2/c1-2-15-10-24(34)20(27)11-19(15)16-3-4-18-22(9-16)31-32-25(18)26-29-21-5-7-33(13-23(21)30-26)12-17-14-35-8-6-28-17/h10-11,16-18,22,25,28,31-32,34H,2-9,12-14H2,1H3,(H,29,30)/t16?,17-,18?,22?,25?/m1/s1. The highest BCUT2D eigenvalue weighted by Crippen LogP contribution is 2.44. The summed E-state index contributed by atoms with van der Waals surface area (Å²) in [5.74, 6) is 1.02. The van der Waals surface area contributed by atoms with Gasteiger partial charge in [-0.2, -0.15) is 0 Å². The molecule has 4 unspecified atom stereocenters. The van der Waals surface area contributed by atoms with Gasteiger partial charge in [0.25, 0.3) is 0 Å². The summed E-state index contributed by atoms with van der Waals surface area (Å²) in [5.41, 5.74) is 11.6. The first-order chi connectivity index (χ1) is 17.1. The van der Waals surface area contributed by atoms with Crippen LogP contribution < -0.4 is 16.2 Å². The van der Waals surface area contributed by atoms with Crippen molar-refractivity contribution in [3.05, 3.63) is 46.3 Å². The van der Waals surface area contributed by atoms with Crippen LogP contribution in [0.1, 0.15) is 66.5 Å². The van der Waals surface area contributed by atoms with Gasteiger partial charge < -0.3 is 20.1 Å². The molecule has 5 N–H and O–H groups in total. The fraction of sp³-hybridized carbons (Fsp3) is 0.654. The van der Waals surface area contributed by atoms with E-state index >= 15 is 0 Å². The van der Waals surface area contributed by atoms with Crippen LogP contribution in [0.2, 0.25) is 0 Å². The third kappa shape index (κ3) is 4.60. The number of H-pyrrole nitrogens is 1. The fourth-order valence-electron chi connectivity index (χ4n) is 6.65. The number of halogens is 1. The summed E-state index contributed by atoms with van der Waals surface area (Å²) in [6, 6.07) is 4.04. The van der Waals surface area contributed by atoms with Crippen molar-refractivity contribution in [3.8, 4) is 5.75 Å². The zero-order chi connectivity index (χ0) is 23.9. The van der Waals surface area contributed by atoms with Crippen molar-refractivity contribution >= 4 is 0 Å². The highest BCUT2D eigenvalue weighted by molar-refractivity contribution is 5.39. The van der Waals surface area contributed by atoms with Crippen LogP contribution in [-0.2, 0) is 24.1 Å². The number of nitrogens with zero attached hydrogens (tertiary/aromatic N) is 2. The highest BCUT2D eigenvalue weighted by Gasteiger charge is 2.43. The minimum absolute atomic E-state index is 0.163. The molecule has 0 spiro atoms. The van der Waals surface area contributed by atoms with Crippen LogP contribution in [0.25, 0.3) is 0 Å². The van der Waals surface area contributed by atoms with Crippen LogP contribution in [0.15, 0.2) is 12.1 Å². The first-order valence-electron chi connectivity index (χ1n) is 13.2. The van der Waals surface area contributed by atoms with Gasteiger partial charge in [0.05, 0.1) is 30.6 Å². The smallest absolute Gasteiger partial charge is 0.165 e. The number of phenols is 1. The number of benzene rings is 1. The molecule has 8 nitrogen and oxygen atoms in total. The first kappa shape index (κ1) is 23.4. The van der Waals surface area contributed by atoms with Crippen molar-refractivity contribution in [1.29, 1.82) is 0 Å². The average Bonchev–Trinajstić information content (AvgIpc) is 3.49. The van der Waals surface area contributed by atoms with Crippen LogP contribution >= 0.6 is 0 Å². The molecule has 1 aliphatic carbocycles. The molecule has 2 saturated heterocycles. The second-order valence-corrected chi connectivity index (χ2v) is 10.7. The lowest BCUT2D eigenvalue weighted by Crippen LogP contribution is -2.49. The van der Waals surface area contributed by atoms with Gasteiger partial charge in [-0.15, -0.1) is 0 Å². The van der Waals surface area contributed by atoms with Crippen molar-refractivity contribution in [1.82, 2.24) is 31.0 Å². The summed E-state index contributed by atoms with van der Waals surface area (Å²) in [6.45, 7) is 7.53. The van der Waals surface area contributed by atoms with E-state index in [1.807, 2.05) is 0 Å². The number of hydrogen-bond donors (Lipinski definition) is 5. The second kappa shape index (κ2) is 9.78. The SMILES string of the molecule is CCc1cc(O)c(F)cc1C1CCC2C(C1)NNC2c1nc2c([nH]1)CN(C[C@@H]1COCCN1)CC2. The number of aromatic hydroxyl groups is 1. The highest BCUT2D eigenvalue weighted by atomic mass is 19.1. The van der Waals surface area contributed by atoms with E-state index < -0.39 is 5.82 Å². The quantitative estimate of drug-likeness (QED) is 0.444. The number of aryl methyl sites for hydroxylation is 1. The summed E-state index contributed by atoms with van der Waals surface area (Å²) in [7, 11) is 0. The van der Waals surface area contributed by atoms with Crippen molar-refractivity contribution < 1.29 is 14.2 Å². The molecule has 3 aliphatic heterocycles. The number of aromatic amines is 1. The Morgan fingerprint density at radius 1 is 1.26 bits per heavy atom. The van der Waals surface area contributed by atoms with Crippen molar-refractivity contribution in [2.45, 2.75) is 69.6 Å². The lowest BCUT2D eigenvalue weighted by Gasteiger charge is -2.33. The number of rotatable bonds is 5. The number of imidazole rings is 1. The van der Waals surface area contributed by atoms with Gasteiger partial charge >= 0.3 is 0 Å². The molecule has 0 bridgehead atoms. The number of morpholine rings is 1. The van der Waals surface area contributed by atoms with Gasteiger partial charge in [0.15, 0.2) is 11.6 Å². The van der Waals surface area contributed by atoms with E-state index in [9.17, 15) is 9.50 Å². The molecule has 2 aromatic rings. The largest absolute Gasteiger partial charge is 0.505 e. The number of phenolic OH excluding ortho intramolecular Hbond substituents is 1. The Bertz CT molecular complexity index is 1050. The Hall–Kier alpha value is -2.04. The third-order valence-electron chi connectivity index (χ3n) is 8.49. The number of hydrazine groups is 1. The monoisotopic (exact) mass is 484 g/mol. The predicted octanol–water partition coefficient (Wildman–Crippen LogP) is 2.26. The molecule has 4 aliphatic rings. The topological polar surface area (TPSA) is 97.5 Å². The minimum Gasteiger partial charge on any atom is -0.505 e. The molecule has 1 aromatic carbocycles. The number of ether oxygens (including phenoxy) is 1. The first-order valence-corrected chi connectivity index (χ1v) is 13.2. The molecule has 1 saturated carbocycles. The van der Waals surface area contributed by atoms with Gasteiger partial charge in [-0.05, 0) is 60.8 Å². The molecular weight excluding hydrogens is 447 g/mol. The number of fused-ring (bicyclic) bond motifs is 2.